The number of carbonyl (C=O) groups is 1. The van der Waals surface area contributed by atoms with Crippen LogP contribution < -0.4 is 14.8 Å². The lowest BCUT2D eigenvalue weighted by Gasteiger charge is -2.18. The smallest absolute Gasteiger partial charge is 0.322 e. The van der Waals surface area contributed by atoms with Crippen LogP contribution >= 0.6 is 11.7 Å². The normalized spacial score (nSPS) is 12.9. The molecule has 0 unspecified atom stereocenters. The molecule has 1 aliphatic rings. The number of anilines is 1. The van der Waals surface area contributed by atoms with Gasteiger partial charge in [-0.05, 0) is 36.4 Å². The number of amides is 1. The van der Waals surface area contributed by atoms with Crippen LogP contribution in [0.4, 0.5) is 6.01 Å². The molecule has 134 valence electrons. The van der Waals surface area contributed by atoms with E-state index in [1.807, 2.05) is 0 Å². The zero-order valence-electron chi connectivity index (χ0n) is 13.7. The number of nitrogens with one attached hydrogen (secondary N) is 1. The molecule has 3 heterocycles. The van der Waals surface area contributed by atoms with Gasteiger partial charge in [0.15, 0.2) is 11.5 Å². The van der Waals surface area contributed by atoms with Gasteiger partial charge in [-0.25, -0.2) is 0 Å². The van der Waals surface area contributed by atoms with Gasteiger partial charge in [0.25, 0.3) is 5.91 Å². The summed E-state index contributed by atoms with van der Waals surface area (Å²) in [7, 11) is 0. The molecule has 2 aromatic carbocycles. The number of hydrogen-bond donors (Lipinski definition) is 1. The first-order valence-corrected chi connectivity index (χ1v) is 8.76. The number of hydrogen-bond acceptors (Lipinski definition) is 9. The van der Waals surface area contributed by atoms with E-state index in [0.29, 0.717) is 41.4 Å². The lowest BCUT2D eigenvalue weighted by Crippen LogP contribution is -2.15. The van der Waals surface area contributed by atoms with Gasteiger partial charge in [0.2, 0.25) is 5.89 Å². The number of carbonyl (C=O) groups excluding carboxylic acids is 1. The third-order valence-electron chi connectivity index (χ3n) is 3.95. The fourth-order valence-electron chi connectivity index (χ4n) is 2.66. The van der Waals surface area contributed by atoms with Gasteiger partial charge >= 0.3 is 6.01 Å². The lowest BCUT2D eigenvalue weighted by atomic mass is 10.2. The van der Waals surface area contributed by atoms with Gasteiger partial charge in [0.05, 0.1) is 11.7 Å². The monoisotopic (exact) mass is 381 g/mol. The van der Waals surface area contributed by atoms with E-state index in [0.717, 1.165) is 17.2 Å². The summed E-state index contributed by atoms with van der Waals surface area (Å²) in [5.41, 5.74) is 2.50. The van der Waals surface area contributed by atoms with E-state index in [1.165, 1.54) is 0 Å². The van der Waals surface area contributed by atoms with Gasteiger partial charge in [-0.3, -0.25) is 10.1 Å². The maximum absolute atomic E-state index is 12.4. The van der Waals surface area contributed by atoms with E-state index in [1.54, 1.807) is 36.4 Å². The Morgan fingerprint density at radius 2 is 1.81 bits per heavy atom. The second kappa shape index (κ2) is 6.32. The van der Waals surface area contributed by atoms with Crippen LogP contribution in [0.15, 0.2) is 40.8 Å². The minimum absolute atomic E-state index is 0.00129. The Kier molecular flexibility index (Phi) is 3.68. The van der Waals surface area contributed by atoms with E-state index < -0.39 is 0 Å². The largest absolute Gasteiger partial charge is 0.486 e. The third kappa shape index (κ3) is 2.95. The minimum atomic E-state index is -0.373. The SMILES string of the molecule is O=C(Nc1nnc(-c2ccc3c(c2)OCCO3)o1)c1ccc2nsnc2c1. The molecule has 4 aromatic rings. The summed E-state index contributed by atoms with van der Waals surface area (Å²) in [6, 6.07) is 10.4. The van der Waals surface area contributed by atoms with Gasteiger partial charge in [-0.1, -0.05) is 5.10 Å². The van der Waals surface area contributed by atoms with Crippen molar-refractivity contribution >= 4 is 34.7 Å². The zero-order chi connectivity index (χ0) is 18.2. The Morgan fingerprint density at radius 3 is 2.74 bits per heavy atom. The quantitative estimate of drug-likeness (QED) is 0.576. The van der Waals surface area contributed by atoms with Crippen LogP contribution in [-0.4, -0.2) is 38.1 Å². The fourth-order valence-corrected chi connectivity index (χ4v) is 3.18. The molecule has 9 nitrogen and oxygen atoms in total. The van der Waals surface area contributed by atoms with Gasteiger partial charge in [-0.15, -0.1) is 5.10 Å². The van der Waals surface area contributed by atoms with Crippen molar-refractivity contribution in [3.05, 3.63) is 42.0 Å². The van der Waals surface area contributed by atoms with Crippen molar-refractivity contribution in [2.45, 2.75) is 0 Å². The van der Waals surface area contributed by atoms with Crippen LogP contribution in [-0.2, 0) is 0 Å². The predicted octanol–water partition coefficient (Wildman–Crippen LogP) is 2.76. The van der Waals surface area contributed by atoms with E-state index in [-0.39, 0.29) is 17.8 Å². The first-order chi connectivity index (χ1) is 13.3. The molecule has 0 spiro atoms. The summed E-state index contributed by atoms with van der Waals surface area (Å²) in [5, 5.41) is 10.4. The van der Waals surface area contributed by atoms with Crippen molar-refractivity contribution in [3.8, 4) is 23.0 Å². The molecule has 2 aromatic heterocycles. The average Bonchev–Trinajstić information content (AvgIpc) is 3.36. The molecule has 0 atom stereocenters. The van der Waals surface area contributed by atoms with Gasteiger partial charge in [0.1, 0.15) is 24.2 Å². The summed E-state index contributed by atoms with van der Waals surface area (Å²) in [5.74, 6) is 1.18. The molecule has 1 N–H and O–H groups in total. The van der Waals surface area contributed by atoms with Crippen molar-refractivity contribution in [1.82, 2.24) is 18.9 Å². The molecular weight excluding hydrogens is 370 g/mol. The summed E-state index contributed by atoms with van der Waals surface area (Å²) in [4.78, 5) is 12.4. The molecule has 0 bridgehead atoms. The Bertz CT molecular complexity index is 1160. The van der Waals surface area contributed by atoms with Crippen molar-refractivity contribution in [1.29, 1.82) is 0 Å². The Hall–Kier alpha value is -3.53. The van der Waals surface area contributed by atoms with Crippen molar-refractivity contribution in [2.75, 3.05) is 18.5 Å². The highest BCUT2D eigenvalue weighted by Gasteiger charge is 2.17. The summed E-state index contributed by atoms with van der Waals surface area (Å²) in [6.45, 7) is 1.01. The zero-order valence-corrected chi connectivity index (χ0v) is 14.5. The van der Waals surface area contributed by atoms with Gasteiger partial charge < -0.3 is 13.9 Å². The van der Waals surface area contributed by atoms with Crippen molar-refractivity contribution < 1.29 is 18.7 Å². The van der Waals surface area contributed by atoms with Crippen LogP contribution in [0.2, 0.25) is 0 Å². The minimum Gasteiger partial charge on any atom is -0.486 e. The molecule has 1 aliphatic heterocycles. The van der Waals surface area contributed by atoms with Gasteiger partial charge in [0, 0.05) is 11.1 Å². The maximum Gasteiger partial charge on any atom is 0.322 e. The number of benzene rings is 2. The number of rotatable bonds is 3. The summed E-state index contributed by atoms with van der Waals surface area (Å²) in [6.07, 6.45) is 0. The number of aromatic nitrogens is 4. The number of fused-ring (bicyclic) bond motifs is 2. The molecule has 27 heavy (non-hydrogen) atoms. The summed E-state index contributed by atoms with van der Waals surface area (Å²) >= 11 is 1.10. The Morgan fingerprint density at radius 1 is 0.963 bits per heavy atom. The van der Waals surface area contributed by atoms with Crippen LogP contribution in [0.1, 0.15) is 10.4 Å². The molecule has 0 fully saturated rings. The topological polar surface area (TPSA) is 112 Å². The van der Waals surface area contributed by atoms with Crippen LogP contribution in [0, 0.1) is 0 Å². The second-order valence-electron chi connectivity index (χ2n) is 5.69. The molecule has 0 radical (unpaired) electrons. The first-order valence-electron chi connectivity index (χ1n) is 8.03. The number of nitrogens with zero attached hydrogens (tertiary/aromatic N) is 4. The van der Waals surface area contributed by atoms with Crippen molar-refractivity contribution in [2.24, 2.45) is 0 Å². The highest BCUT2D eigenvalue weighted by atomic mass is 32.1. The Labute approximate surface area is 156 Å². The van der Waals surface area contributed by atoms with E-state index in [9.17, 15) is 4.79 Å². The second-order valence-corrected chi connectivity index (χ2v) is 6.22. The lowest BCUT2D eigenvalue weighted by molar-refractivity contribution is 0.102. The van der Waals surface area contributed by atoms with Gasteiger partial charge in [-0.2, -0.15) is 8.75 Å². The molecule has 5 rings (SSSR count). The standard InChI is InChI=1S/C17H11N5O4S/c23-15(9-1-3-11-12(7-9)22-27-21-11)18-17-20-19-16(26-17)10-2-4-13-14(8-10)25-6-5-24-13/h1-4,7-8H,5-6H2,(H,18,20,23). The number of ether oxygens (including phenoxy) is 2. The third-order valence-corrected chi connectivity index (χ3v) is 4.51. The highest BCUT2D eigenvalue weighted by Crippen LogP contribution is 2.34. The van der Waals surface area contributed by atoms with E-state index >= 15 is 0 Å². The molecule has 0 aliphatic carbocycles. The first kappa shape index (κ1) is 15.7. The highest BCUT2D eigenvalue weighted by molar-refractivity contribution is 7.00. The molecule has 10 heteroatoms. The maximum atomic E-state index is 12.4. The van der Waals surface area contributed by atoms with Crippen LogP contribution in [0.5, 0.6) is 11.5 Å². The van der Waals surface area contributed by atoms with Crippen LogP contribution in [0.3, 0.4) is 0 Å². The van der Waals surface area contributed by atoms with E-state index in [4.69, 9.17) is 13.9 Å². The van der Waals surface area contributed by atoms with Crippen LogP contribution in [0.25, 0.3) is 22.5 Å². The molecule has 1 amide bonds. The summed E-state index contributed by atoms with van der Waals surface area (Å²) < 4.78 is 24.8. The van der Waals surface area contributed by atoms with E-state index in [2.05, 4.69) is 24.3 Å². The predicted molar refractivity (Wildman–Crippen MR) is 96.1 cm³/mol. The fraction of sp³-hybridized carbons (Fsp3) is 0.118. The molecule has 0 saturated heterocycles. The molecule has 0 saturated carbocycles. The molecular formula is C17H11N5O4S. The Balaban J connectivity index is 1.36. The van der Waals surface area contributed by atoms with Crippen molar-refractivity contribution in [3.63, 3.8) is 0 Å². The average molecular weight is 381 g/mol.